The van der Waals surface area contributed by atoms with Gasteiger partial charge in [-0.2, -0.15) is 15.0 Å². The van der Waals surface area contributed by atoms with Gasteiger partial charge < -0.3 is 48.1 Å². The van der Waals surface area contributed by atoms with Gasteiger partial charge in [0.25, 0.3) is 17.6 Å². The van der Waals surface area contributed by atoms with Crippen LogP contribution in [0.1, 0.15) is 92.9 Å². The summed E-state index contributed by atoms with van der Waals surface area (Å²) in [5, 5.41) is 8.31. The first-order chi connectivity index (χ1) is 34.3. The molecular weight excluding hydrogens is 1020 g/mol. The molecule has 73 heavy (non-hydrogen) atoms. The van der Waals surface area contributed by atoms with Gasteiger partial charge in [0.1, 0.15) is 36.1 Å². The second-order valence-corrected chi connectivity index (χ2v) is 24.2. The van der Waals surface area contributed by atoms with Crippen LogP contribution in [0, 0.1) is 11.6 Å². The van der Waals surface area contributed by atoms with E-state index in [9.17, 15) is 35.2 Å². The molecule has 2 aromatic carbocycles. The molecule has 0 unspecified atom stereocenters. The largest absolute Gasteiger partial charge is 0.505 e. The Hall–Kier alpha value is -6.01. The van der Waals surface area contributed by atoms with Crippen molar-refractivity contribution >= 4 is 43.5 Å². The topological polar surface area (TPSA) is 245 Å². The number of aromatic hydroxyl groups is 1. The van der Waals surface area contributed by atoms with E-state index in [1.165, 1.54) is 45.1 Å². The maximum atomic E-state index is 14.7. The van der Waals surface area contributed by atoms with Crippen LogP contribution >= 0.6 is 11.6 Å². The molecule has 400 valence electrons. The number of sulfone groups is 2. The predicted octanol–water partition coefficient (Wildman–Crippen LogP) is 8.52. The fraction of sp³-hybridized carbons (Fsp3) is 0.542. The lowest BCUT2D eigenvalue weighted by molar-refractivity contribution is 0.0109. The monoisotopic (exact) mass is 1080 g/mol. The van der Waals surface area contributed by atoms with Crippen LogP contribution in [0.15, 0.2) is 58.8 Å². The number of nitrogens with zero attached hydrogens (tertiary/aromatic N) is 6. The molecular formula is C48H61ClF2N6O14S2. The summed E-state index contributed by atoms with van der Waals surface area (Å²) < 4.78 is 114. The summed E-state index contributed by atoms with van der Waals surface area (Å²) in [6, 6.07) is 6.67. The number of carbonyl (C=O) groups is 2. The second kappa shape index (κ2) is 23.5. The van der Waals surface area contributed by atoms with Gasteiger partial charge in [0.2, 0.25) is 11.5 Å². The van der Waals surface area contributed by atoms with E-state index in [-0.39, 0.29) is 67.8 Å². The molecule has 4 fully saturated rings. The number of carbonyl (C=O) groups excluding carboxylic acids is 2. The number of ether oxygens (including phenoxy) is 7. The van der Waals surface area contributed by atoms with E-state index in [0.29, 0.717) is 89.2 Å². The zero-order chi connectivity index (χ0) is 53.5. The Bertz CT molecular complexity index is 2810. The van der Waals surface area contributed by atoms with Crippen molar-refractivity contribution in [3.63, 3.8) is 0 Å². The number of aromatic nitrogens is 4. The van der Waals surface area contributed by atoms with Crippen molar-refractivity contribution in [1.82, 2.24) is 29.7 Å². The normalized spacial score (nSPS) is 16.7. The van der Waals surface area contributed by atoms with E-state index in [1.54, 1.807) is 9.80 Å². The van der Waals surface area contributed by atoms with E-state index in [2.05, 4.69) is 19.9 Å². The van der Waals surface area contributed by atoms with Crippen LogP contribution in [0.2, 0.25) is 5.15 Å². The van der Waals surface area contributed by atoms with E-state index >= 15 is 0 Å². The number of phenolic OH excluding ortho intramolecular Hbond substituents is 1. The number of hydrogen-bond donors (Lipinski definition) is 1. The summed E-state index contributed by atoms with van der Waals surface area (Å²) in [7, 11) is -4.02. The Morgan fingerprint density at radius 3 is 1.44 bits per heavy atom. The maximum Gasteiger partial charge on any atom is 0.410 e. The molecule has 0 atom stereocenters. The minimum absolute atomic E-state index is 0.0460. The summed E-state index contributed by atoms with van der Waals surface area (Å²) in [6.45, 7) is 13.1. The number of halogens is 3. The van der Waals surface area contributed by atoms with Gasteiger partial charge in [0, 0.05) is 51.9 Å². The summed E-state index contributed by atoms with van der Waals surface area (Å²) in [5.41, 5.74) is -1.06. The molecule has 2 aromatic heterocycles. The summed E-state index contributed by atoms with van der Waals surface area (Å²) in [4.78, 5) is 43.6. The molecule has 2 saturated heterocycles. The van der Waals surface area contributed by atoms with Crippen molar-refractivity contribution in [3.8, 4) is 40.6 Å². The van der Waals surface area contributed by atoms with Crippen LogP contribution in [0.25, 0.3) is 0 Å². The molecule has 0 spiro atoms. The van der Waals surface area contributed by atoms with Gasteiger partial charge in [-0.15, -0.1) is 0 Å². The Morgan fingerprint density at radius 1 is 0.616 bits per heavy atom. The predicted molar refractivity (Wildman–Crippen MR) is 260 cm³/mol. The van der Waals surface area contributed by atoms with E-state index in [0.717, 1.165) is 18.2 Å². The highest BCUT2D eigenvalue weighted by atomic mass is 35.5. The Labute approximate surface area is 428 Å². The number of rotatable bonds is 12. The number of amides is 2. The maximum absolute atomic E-state index is 14.7. The van der Waals surface area contributed by atoms with Crippen LogP contribution in [-0.2, 0) is 29.1 Å². The molecule has 2 aliphatic heterocycles. The van der Waals surface area contributed by atoms with Crippen molar-refractivity contribution in [1.29, 1.82) is 0 Å². The summed E-state index contributed by atoms with van der Waals surface area (Å²) in [5.74, 6) is -1.72. The van der Waals surface area contributed by atoms with Gasteiger partial charge in [0.05, 0.1) is 34.5 Å². The fourth-order valence-corrected chi connectivity index (χ4v) is 10.7. The Kier molecular flexibility index (Phi) is 18.1. The lowest BCUT2D eigenvalue weighted by Crippen LogP contribution is -2.44. The van der Waals surface area contributed by atoms with Gasteiger partial charge >= 0.3 is 12.2 Å². The summed E-state index contributed by atoms with van der Waals surface area (Å²) in [6.07, 6.45) is 6.49. The van der Waals surface area contributed by atoms with Gasteiger partial charge in [-0.3, -0.25) is 0 Å². The fourth-order valence-electron chi connectivity index (χ4n) is 7.20. The van der Waals surface area contributed by atoms with Gasteiger partial charge in [-0.25, -0.2) is 40.2 Å². The van der Waals surface area contributed by atoms with E-state index in [1.807, 2.05) is 41.5 Å². The van der Waals surface area contributed by atoms with E-state index < -0.39 is 53.5 Å². The zero-order valence-electron chi connectivity index (χ0n) is 41.8. The van der Waals surface area contributed by atoms with Crippen molar-refractivity contribution in [3.05, 3.63) is 65.8 Å². The summed E-state index contributed by atoms with van der Waals surface area (Å²) >= 11 is 5.95. The van der Waals surface area contributed by atoms with Gasteiger partial charge in [-0.05, 0) is 104 Å². The first-order valence-corrected chi connectivity index (χ1v) is 26.9. The van der Waals surface area contributed by atoms with E-state index in [4.69, 9.17) is 49.9 Å². The highest BCUT2D eigenvalue weighted by molar-refractivity contribution is 7.92. The third-order valence-electron chi connectivity index (χ3n) is 11.2. The quantitative estimate of drug-likeness (QED) is 0.131. The van der Waals surface area contributed by atoms with Crippen LogP contribution in [-0.4, -0.2) is 138 Å². The highest BCUT2D eigenvalue weighted by Gasteiger charge is 2.38. The molecule has 0 bridgehead atoms. The van der Waals surface area contributed by atoms with Crippen LogP contribution in [0.4, 0.5) is 18.4 Å². The highest BCUT2D eigenvalue weighted by Crippen LogP contribution is 2.40. The van der Waals surface area contributed by atoms with Crippen molar-refractivity contribution < 1.29 is 73.5 Å². The second-order valence-electron chi connectivity index (χ2n) is 19.4. The molecule has 20 nitrogen and oxygen atoms in total. The van der Waals surface area contributed by atoms with Crippen LogP contribution < -0.4 is 23.7 Å². The minimum Gasteiger partial charge on any atom is -0.505 e. The zero-order valence-corrected chi connectivity index (χ0v) is 44.2. The van der Waals surface area contributed by atoms with Crippen molar-refractivity contribution in [2.24, 2.45) is 0 Å². The molecule has 4 aromatic rings. The molecule has 25 heteroatoms. The SMILES string of the molecule is COc1c(Cl)ncnc1OC1CCN(C(=O)OC(C)(C)C)CC1.COc1c(Oc2ccc(S(=O)(=O)C3CC3)cc2F)ncnc1OC1CCN(C(=O)OC(C)(C)C)CC1.O=S(=O)(c1ccc(O)c(F)c1)C1CC1. The standard InChI is InChI=1S/C24H30FN3O7S.C15H22ClN3O4.C9H9FO3S/c1-24(2,3)35-23(29)28-11-9-15(10-12-28)33-21-20(32-4)22(27-14-26-21)34-19-8-7-17(13-18(19)25)36(30,31)16-5-6-16;1-15(2,3)23-14(20)19-7-5-10(6-8-19)22-13-11(21-4)12(16)17-9-18-13;10-8-5-7(3-4-9(8)11)14(12,13)6-1-2-6/h7-8,13-16H,5-6,9-12H2,1-4H3;9-10H,5-8H2,1-4H3;3-6,11H,1-2H2. The molecule has 4 aliphatic rings. The van der Waals surface area contributed by atoms with Crippen LogP contribution in [0.5, 0.6) is 40.6 Å². The number of benzene rings is 2. The average Bonchev–Trinajstić information content (AvgIpc) is 4.25. The first kappa shape index (κ1) is 56.3. The molecule has 8 rings (SSSR count). The molecule has 2 saturated carbocycles. The van der Waals surface area contributed by atoms with Crippen molar-refractivity contribution in [2.45, 2.75) is 137 Å². The number of hydrogen-bond acceptors (Lipinski definition) is 18. The first-order valence-electron chi connectivity index (χ1n) is 23.5. The molecule has 0 radical (unpaired) electrons. The average molecular weight is 1080 g/mol. The lowest BCUT2D eigenvalue weighted by atomic mass is 10.1. The number of piperidine rings is 2. The minimum atomic E-state index is -3.53. The molecule has 1 N–H and O–H groups in total. The molecule has 4 heterocycles. The van der Waals surface area contributed by atoms with Gasteiger partial charge in [-0.1, -0.05) is 11.6 Å². The van der Waals surface area contributed by atoms with Crippen molar-refractivity contribution in [2.75, 3.05) is 40.4 Å². The number of likely N-dealkylation sites (tertiary alicyclic amines) is 2. The molecule has 2 amide bonds. The Balaban J connectivity index is 0.000000199. The lowest BCUT2D eigenvalue weighted by Gasteiger charge is -2.33. The number of methoxy groups -OCH3 is 2. The number of phenols is 1. The molecule has 2 aliphatic carbocycles. The smallest absolute Gasteiger partial charge is 0.410 e. The van der Waals surface area contributed by atoms with Crippen LogP contribution in [0.3, 0.4) is 0 Å². The third-order valence-corrected chi connectivity index (χ3v) is 16.0. The Morgan fingerprint density at radius 2 is 1.03 bits per heavy atom. The van der Waals surface area contributed by atoms with Gasteiger partial charge in [0.15, 0.2) is 48.0 Å². The third kappa shape index (κ3) is 15.5.